The summed E-state index contributed by atoms with van der Waals surface area (Å²) in [4.78, 5) is 17.0. The highest BCUT2D eigenvalue weighted by atomic mass is 16.5. The summed E-state index contributed by atoms with van der Waals surface area (Å²) in [6.07, 6.45) is 8.54. The zero-order chi connectivity index (χ0) is 27.2. The van der Waals surface area contributed by atoms with Crippen molar-refractivity contribution in [3.8, 4) is 11.5 Å². The second kappa shape index (κ2) is 13.2. The van der Waals surface area contributed by atoms with Gasteiger partial charge in [0.1, 0.15) is 0 Å². The SMILES string of the molecule is CCCCOc1cc2c(c(C(=O)N[C@H](C)c3ccccc3)c1OCCCC)[C@H]1C[C@H]3NCCC[C@H]3CN1CC2. The number of benzene rings is 2. The average molecular weight is 534 g/mol. The van der Waals surface area contributed by atoms with Gasteiger partial charge in [-0.05, 0) is 80.7 Å². The van der Waals surface area contributed by atoms with Crippen molar-refractivity contribution in [2.45, 2.75) is 90.3 Å². The van der Waals surface area contributed by atoms with Gasteiger partial charge in [-0.15, -0.1) is 0 Å². The number of unbranched alkanes of at least 4 members (excludes halogenated alkanes) is 2. The van der Waals surface area contributed by atoms with E-state index in [0.717, 1.165) is 69.5 Å². The molecule has 0 bridgehead atoms. The smallest absolute Gasteiger partial charge is 0.256 e. The minimum atomic E-state index is -0.113. The van der Waals surface area contributed by atoms with Gasteiger partial charge in [0.05, 0.1) is 24.8 Å². The number of piperidine rings is 2. The second-order valence-electron chi connectivity index (χ2n) is 11.6. The molecule has 3 heterocycles. The zero-order valence-electron chi connectivity index (χ0n) is 24.1. The fraction of sp³-hybridized carbons (Fsp3) is 0.606. The third-order valence-electron chi connectivity index (χ3n) is 8.86. The van der Waals surface area contributed by atoms with Gasteiger partial charge in [-0.3, -0.25) is 9.69 Å². The van der Waals surface area contributed by atoms with Crippen LogP contribution in [0.5, 0.6) is 11.5 Å². The summed E-state index contributed by atoms with van der Waals surface area (Å²) in [5, 5.41) is 7.14. The molecule has 2 aromatic rings. The van der Waals surface area contributed by atoms with E-state index >= 15 is 0 Å². The molecule has 4 atom stereocenters. The van der Waals surface area contributed by atoms with Crippen LogP contribution in [0.2, 0.25) is 0 Å². The highest BCUT2D eigenvalue weighted by Gasteiger charge is 2.42. The number of carbonyl (C=O) groups excluding carboxylic acids is 1. The maximum atomic E-state index is 14.3. The highest BCUT2D eigenvalue weighted by molar-refractivity contribution is 6.00. The Kier molecular flexibility index (Phi) is 9.46. The van der Waals surface area contributed by atoms with Crippen molar-refractivity contribution in [3.05, 3.63) is 58.7 Å². The largest absolute Gasteiger partial charge is 0.490 e. The number of hydrogen-bond acceptors (Lipinski definition) is 5. The van der Waals surface area contributed by atoms with Gasteiger partial charge in [0.15, 0.2) is 11.5 Å². The van der Waals surface area contributed by atoms with Crippen molar-refractivity contribution >= 4 is 5.91 Å². The third-order valence-corrected chi connectivity index (χ3v) is 8.86. The fourth-order valence-corrected chi connectivity index (χ4v) is 6.65. The van der Waals surface area contributed by atoms with Gasteiger partial charge in [-0.25, -0.2) is 0 Å². The van der Waals surface area contributed by atoms with Crippen LogP contribution < -0.4 is 20.1 Å². The van der Waals surface area contributed by atoms with E-state index in [2.05, 4.69) is 54.5 Å². The summed E-state index contributed by atoms with van der Waals surface area (Å²) < 4.78 is 12.8. The molecule has 0 unspecified atom stereocenters. The van der Waals surface area contributed by atoms with Crippen LogP contribution in [0.25, 0.3) is 0 Å². The molecule has 2 N–H and O–H groups in total. The lowest BCUT2D eigenvalue weighted by molar-refractivity contribution is 0.0539. The topological polar surface area (TPSA) is 62.8 Å². The molecule has 2 aromatic carbocycles. The molecule has 39 heavy (non-hydrogen) atoms. The second-order valence-corrected chi connectivity index (χ2v) is 11.6. The molecule has 3 aliphatic heterocycles. The monoisotopic (exact) mass is 533 g/mol. The molecule has 0 saturated carbocycles. The number of rotatable bonds is 11. The first-order chi connectivity index (χ1) is 19.1. The van der Waals surface area contributed by atoms with E-state index < -0.39 is 0 Å². The maximum absolute atomic E-state index is 14.3. The Morgan fingerprint density at radius 2 is 1.90 bits per heavy atom. The molecule has 6 heteroatoms. The standard InChI is InChI=1S/C33H47N3O3/c1-4-6-18-38-29-20-25-15-17-36-22-26-14-11-16-34-27(26)21-28(36)30(25)31(32(29)39-19-7-5-2)33(37)35-23(3)24-12-9-8-10-13-24/h8-10,12-13,20,23,26-28,34H,4-7,11,14-19,21-22H2,1-3H3,(H,35,37)/t23-,26+,27-,28-/m1/s1. The van der Waals surface area contributed by atoms with Crippen molar-refractivity contribution in [1.29, 1.82) is 0 Å². The Hall–Kier alpha value is -2.57. The molecule has 212 valence electrons. The van der Waals surface area contributed by atoms with Crippen molar-refractivity contribution in [2.75, 3.05) is 32.8 Å². The molecule has 1 amide bonds. The zero-order valence-corrected chi connectivity index (χ0v) is 24.1. The Morgan fingerprint density at radius 3 is 2.67 bits per heavy atom. The fourth-order valence-electron chi connectivity index (χ4n) is 6.65. The molecule has 2 saturated heterocycles. The van der Waals surface area contributed by atoms with Crippen LogP contribution in [0.3, 0.4) is 0 Å². The molecular weight excluding hydrogens is 486 g/mol. The van der Waals surface area contributed by atoms with Gasteiger partial charge in [-0.2, -0.15) is 0 Å². The van der Waals surface area contributed by atoms with E-state index in [1.54, 1.807) is 0 Å². The van der Waals surface area contributed by atoms with Crippen molar-refractivity contribution < 1.29 is 14.3 Å². The van der Waals surface area contributed by atoms with Gasteiger partial charge in [0, 0.05) is 25.2 Å². The van der Waals surface area contributed by atoms with Gasteiger partial charge in [0.25, 0.3) is 5.91 Å². The average Bonchev–Trinajstić information content (AvgIpc) is 2.96. The van der Waals surface area contributed by atoms with Crippen molar-refractivity contribution in [2.24, 2.45) is 5.92 Å². The molecule has 0 aliphatic carbocycles. The number of fused-ring (bicyclic) bond motifs is 4. The van der Waals surface area contributed by atoms with Crippen LogP contribution in [0.15, 0.2) is 36.4 Å². The number of carbonyl (C=O) groups is 1. The van der Waals surface area contributed by atoms with Crippen LogP contribution >= 0.6 is 0 Å². The Labute approximate surface area is 234 Å². The lowest BCUT2D eigenvalue weighted by Gasteiger charge is -2.49. The predicted octanol–water partition coefficient (Wildman–Crippen LogP) is 6.21. The van der Waals surface area contributed by atoms with Gasteiger partial charge >= 0.3 is 0 Å². The molecule has 6 nitrogen and oxygen atoms in total. The number of ether oxygens (including phenoxy) is 2. The molecular formula is C33H47N3O3. The predicted molar refractivity (Wildman–Crippen MR) is 157 cm³/mol. The number of nitrogens with one attached hydrogen (secondary N) is 2. The summed E-state index contributed by atoms with van der Waals surface area (Å²) in [6, 6.07) is 13.0. The van der Waals surface area contributed by atoms with E-state index in [1.807, 2.05) is 18.2 Å². The summed E-state index contributed by atoms with van der Waals surface area (Å²) in [7, 11) is 0. The van der Waals surface area contributed by atoms with E-state index in [1.165, 1.54) is 24.0 Å². The van der Waals surface area contributed by atoms with Crippen LogP contribution in [0.4, 0.5) is 0 Å². The summed E-state index contributed by atoms with van der Waals surface area (Å²) in [5.41, 5.74) is 4.20. The number of nitrogens with zero attached hydrogens (tertiary/aromatic N) is 1. The number of hydrogen-bond donors (Lipinski definition) is 2. The van der Waals surface area contributed by atoms with E-state index in [9.17, 15) is 4.79 Å². The Morgan fingerprint density at radius 1 is 1.13 bits per heavy atom. The Balaban J connectivity index is 1.56. The van der Waals surface area contributed by atoms with Crippen LogP contribution in [0.1, 0.15) is 105 Å². The molecule has 3 aliphatic rings. The van der Waals surface area contributed by atoms with Gasteiger partial charge < -0.3 is 20.1 Å². The highest BCUT2D eigenvalue weighted by Crippen LogP contribution is 2.47. The maximum Gasteiger partial charge on any atom is 0.256 e. The van der Waals surface area contributed by atoms with E-state index in [4.69, 9.17) is 9.47 Å². The Bertz CT molecular complexity index is 1110. The van der Waals surface area contributed by atoms with Crippen LogP contribution in [-0.4, -0.2) is 49.7 Å². The van der Waals surface area contributed by atoms with Gasteiger partial charge in [0.2, 0.25) is 0 Å². The first kappa shape index (κ1) is 28.0. The molecule has 0 aromatic heterocycles. The van der Waals surface area contributed by atoms with Crippen LogP contribution in [-0.2, 0) is 6.42 Å². The lowest BCUT2D eigenvalue weighted by atomic mass is 9.76. The van der Waals surface area contributed by atoms with E-state index in [-0.39, 0.29) is 18.0 Å². The van der Waals surface area contributed by atoms with Crippen LogP contribution in [0, 0.1) is 5.92 Å². The third kappa shape index (κ3) is 6.28. The quantitative estimate of drug-likeness (QED) is 0.337. The number of amides is 1. The molecule has 0 spiro atoms. The molecule has 0 radical (unpaired) electrons. The normalized spacial score (nSPS) is 23.2. The first-order valence-electron chi connectivity index (χ1n) is 15.4. The lowest BCUT2D eigenvalue weighted by Crippen LogP contribution is -2.55. The molecule has 2 fully saturated rings. The summed E-state index contributed by atoms with van der Waals surface area (Å²) >= 11 is 0. The first-order valence-corrected chi connectivity index (χ1v) is 15.4. The van der Waals surface area contributed by atoms with Gasteiger partial charge in [-0.1, -0.05) is 57.0 Å². The van der Waals surface area contributed by atoms with Crippen molar-refractivity contribution in [3.63, 3.8) is 0 Å². The summed E-state index contributed by atoms with van der Waals surface area (Å²) in [6.45, 7) is 10.8. The minimum absolute atomic E-state index is 0.0596. The van der Waals surface area contributed by atoms with E-state index in [0.29, 0.717) is 36.5 Å². The van der Waals surface area contributed by atoms with Crippen molar-refractivity contribution in [1.82, 2.24) is 15.5 Å². The summed E-state index contributed by atoms with van der Waals surface area (Å²) in [5.74, 6) is 2.00. The minimum Gasteiger partial charge on any atom is -0.490 e. The molecule has 5 rings (SSSR count).